The summed E-state index contributed by atoms with van der Waals surface area (Å²) in [5.41, 5.74) is 0.974. The molecule has 1 heterocycles. The molecule has 0 aliphatic rings. The minimum atomic E-state index is -0.188. The molecule has 0 unspecified atom stereocenters. The van der Waals surface area contributed by atoms with E-state index >= 15 is 0 Å². The van der Waals surface area contributed by atoms with Crippen molar-refractivity contribution in [3.05, 3.63) is 36.3 Å². The zero-order chi connectivity index (χ0) is 10.6. The highest BCUT2D eigenvalue weighted by Gasteiger charge is 1.93. The predicted octanol–water partition coefficient (Wildman–Crippen LogP) is 2.90. The monoisotopic (exact) mass is 193 g/mol. The Balaban J connectivity index is 0.000000213. The number of nitrogens with one attached hydrogen (secondary N) is 1. The molecule has 1 aromatic heterocycles. The van der Waals surface area contributed by atoms with Crippen LogP contribution < -0.4 is 0 Å². The maximum Gasteiger partial charge on any atom is 0.126 e. The molecular formula is C11H12FNO. The van der Waals surface area contributed by atoms with Gasteiger partial charge in [-0.15, -0.1) is 0 Å². The molecule has 74 valence electrons. The smallest absolute Gasteiger partial charge is 0.126 e. The first-order valence-electron chi connectivity index (χ1n) is 4.29. The maximum atomic E-state index is 12.5. The van der Waals surface area contributed by atoms with Gasteiger partial charge in [-0.3, -0.25) is 0 Å². The predicted molar refractivity (Wildman–Crippen MR) is 54.6 cm³/mol. The molecule has 0 bridgehead atoms. The number of Topliss-reactive ketones (excluding diaryl/α,β-unsaturated/α-hetero) is 1. The number of carbonyl (C=O) groups is 1. The second kappa shape index (κ2) is 4.56. The number of aromatic nitrogens is 1. The molecule has 14 heavy (non-hydrogen) atoms. The summed E-state index contributed by atoms with van der Waals surface area (Å²) in [5, 5.41) is 0.917. The highest BCUT2D eigenvalue weighted by molar-refractivity contribution is 5.78. The topological polar surface area (TPSA) is 32.9 Å². The van der Waals surface area contributed by atoms with Crippen LogP contribution in [-0.2, 0) is 4.79 Å². The van der Waals surface area contributed by atoms with Crippen molar-refractivity contribution >= 4 is 16.7 Å². The first-order valence-corrected chi connectivity index (χ1v) is 4.29. The zero-order valence-corrected chi connectivity index (χ0v) is 8.17. The molecule has 0 saturated carbocycles. The molecule has 2 aromatic rings. The standard InChI is InChI=1S/C8H6FN.C3H6O/c9-7-1-2-8-6(5-7)3-4-10-8;1-3(2)4/h1-5,10H;1-2H3. The van der Waals surface area contributed by atoms with Crippen molar-refractivity contribution in [1.29, 1.82) is 0 Å². The number of benzene rings is 1. The average Bonchev–Trinajstić information content (AvgIpc) is 2.49. The van der Waals surface area contributed by atoms with Gasteiger partial charge in [0.2, 0.25) is 0 Å². The summed E-state index contributed by atoms with van der Waals surface area (Å²) in [4.78, 5) is 12.4. The molecule has 0 atom stereocenters. The first-order chi connectivity index (χ1) is 6.59. The third-order valence-corrected chi connectivity index (χ3v) is 1.52. The third-order valence-electron chi connectivity index (χ3n) is 1.52. The Bertz CT molecular complexity index is 430. The van der Waals surface area contributed by atoms with Gasteiger partial charge in [0.25, 0.3) is 0 Å². The zero-order valence-electron chi connectivity index (χ0n) is 8.17. The Kier molecular flexibility index (Phi) is 3.40. The number of aromatic amines is 1. The van der Waals surface area contributed by atoms with Gasteiger partial charge in [-0.1, -0.05) is 0 Å². The Morgan fingerprint density at radius 1 is 1.29 bits per heavy atom. The molecule has 2 rings (SSSR count). The molecule has 0 radical (unpaired) electrons. The lowest BCUT2D eigenvalue weighted by molar-refractivity contribution is -0.114. The fraction of sp³-hybridized carbons (Fsp3) is 0.182. The minimum Gasteiger partial charge on any atom is -0.361 e. The van der Waals surface area contributed by atoms with Crippen molar-refractivity contribution in [1.82, 2.24) is 4.98 Å². The minimum absolute atomic E-state index is 0.167. The van der Waals surface area contributed by atoms with Crippen molar-refractivity contribution in [3.63, 3.8) is 0 Å². The summed E-state index contributed by atoms with van der Waals surface area (Å²) >= 11 is 0. The SMILES string of the molecule is CC(C)=O.Fc1ccc2[nH]ccc2c1. The number of ketones is 1. The molecule has 2 nitrogen and oxygen atoms in total. The number of fused-ring (bicyclic) bond motifs is 1. The van der Waals surface area contributed by atoms with Crippen LogP contribution in [-0.4, -0.2) is 10.8 Å². The average molecular weight is 193 g/mol. The molecular weight excluding hydrogens is 181 g/mol. The van der Waals surface area contributed by atoms with Crippen LogP contribution in [0.25, 0.3) is 10.9 Å². The molecule has 0 aliphatic carbocycles. The lowest BCUT2D eigenvalue weighted by Gasteiger charge is -1.87. The number of hydrogen-bond donors (Lipinski definition) is 1. The fourth-order valence-electron chi connectivity index (χ4n) is 1.02. The Hall–Kier alpha value is -1.64. The number of halogens is 1. The van der Waals surface area contributed by atoms with Crippen molar-refractivity contribution in [3.8, 4) is 0 Å². The van der Waals surface area contributed by atoms with Gasteiger partial charge in [-0.2, -0.15) is 0 Å². The van der Waals surface area contributed by atoms with Gasteiger partial charge in [0.15, 0.2) is 0 Å². The van der Waals surface area contributed by atoms with E-state index < -0.39 is 0 Å². The first kappa shape index (κ1) is 10.4. The van der Waals surface area contributed by atoms with Crippen LogP contribution in [0.4, 0.5) is 4.39 Å². The van der Waals surface area contributed by atoms with Crippen molar-refractivity contribution in [2.24, 2.45) is 0 Å². The third kappa shape index (κ3) is 3.01. The lowest BCUT2D eigenvalue weighted by atomic mass is 10.2. The number of rotatable bonds is 0. The van der Waals surface area contributed by atoms with Crippen molar-refractivity contribution in [2.45, 2.75) is 13.8 Å². The van der Waals surface area contributed by atoms with Crippen LogP contribution in [0.3, 0.4) is 0 Å². The highest BCUT2D eigenvalue weighted by atomic mass is 19.1. The molecule has 0 fully saturated rings. The van der Waals surface area contributed by atoms with E-state index in [1.807, 2.05) is 6.07 Å². The van der Waals surface area contributed by atoms with E-state index in [0.717, 1.165) is 10.9 Å². The van der Waals surface area contributed by atoms with Crippen molar-refractivity contribution in [2.75, 3.05) is 0 Å². The number of hydrogen-bond acceptors (Lipinski definition) is 1. The van der Waals surface area contributed by atoms with Crippen LogP contribution in [0.2, 0.25) is 0 Å². The van der Waals surface area contributed by atoms with Gasteiger partial charge < -0.3 is 9.78 Å². The second-order valence-corrected chi connectivity index (χ2v) is 3.12. The van der Waals surface area contributed by atoms with Gasteiger partial charge in [0.05, 0.1) is 0 Å². The van der Waals surface area contributed by atoms with Crippen LogP contribution >= 0.6 is 0 Å². The lowest BCUT2D eigenvalue weighted by Crippen LogP contribution is -1.70. The molecule has 0 amide bonds. The maximum absolute atomic E-state index is 12.5. The highest BCUT2D eigenvalue weighted by Crippen LogP contribution is 2.12. The van der Waals surface area contributed by atoms with Crippen LogP contribution in [0.1, 0.15) is 13.8 Å². The summed E-state index contributed by atoms with van der Waals surface area (Å²) in [5.74, 6) is -0.0212. The Morgan fingerprint density at radius 3 is 2.57 bits per heavy atom. The number of H-pyrrole nitrogens is 1. The van der Waals surface area contributed by atoms with Gasteiger partial charge >= 0.3 is 0 Å². The van der Waals surface area contributed by atoms with Crippen LogP contribution in [0.15, 0.2) is 30.5 Å². The van der Waals surface area contributed by atoms with E-state index in [1.54, 1.807) is 12.3 Å². The van der Waals surface area contributed by atoms with E-state index in [2.05, 4.69) is 4.98 Å². The summed E-state index contributed by atoms with van der Waals surface area (Å²) in [6.45, 7) is 3.06. The molecule has 1 N–H and O–H groups in total. The Labute approximate surface area is 81.7 Å². The van der Waals surface area contributed by atoms with E-state index in [4.69, 9.17) is 0 Å². The summed E-state index contributed by atoms with van der Waals surface area (Å²) in [7, 11) is 0. The molecule has 0 aliphatic heterocycles. The normalized spacial score (nSPS) is 9.36. The van der Waals surface area contributed by atoms with Gasteiger partial charge in [0, 0.05) is 17.1 Å². The fourth-order valence-corrected chi connectivity index (χ4v) is 1.02. The molecule has 0 spiro atoms. The number of carbonyl (C=O) groups excluding carboxylic acids is 1. The van der Waals surface area contributed by atoms with Gasteiger partial charge in [-0.05, 0) is 38.1 Å². The second-order valence-electron chi connectivity index (χ2n) is 3.12. The summed E-state index contributed by atoms with van der Waals surface area (Å²) < 4.78 is 12.5. The van der Waals surface area contributed by atoms with Crippen molar-refractivity contribution < 1.29 is 9.18 Å². The summed E-state index contributed by atoms with van der Waals surface area (Å²) in [6.07, 6.45) is 1.80. The van der Waals surface area contributed by atoms with E-state index in [1.165, 1.54) is 26.0 Å². The van der Waals surface area contributed by atoms with Gasteiger partial charge in [-0.25, -0.2) is 4.39 Å². The molecule has 1 aromatic carbocycles. The summed E-state index contributed by atoms with van der Waals surface area (Å²) in [6, 6.07) is 6.52. The van der Waals surface area contributed by atoms with E-state index in [-0.39, 0.29) is 11.6 Å². The van der Waals surface area contributed by atoms with E-state index in [0.29, 0.717) is 0 Å². The Morgan fingerprint density at radius 2 is 1.93 bits per heavy atom. The largest absolute Gasteiger partial charge is 0.361 e. The van der Waals surface area contributed by atoms with Gasteiger partial charge in [0.1, 0.15) is 11.6 Å². The van der Waals surface area contributed by atoms with E-state index in [9.17, 15) is 9.18 Å². The molecule has 3 heteroatoms. The quantitative estimate of drug-likeness (QED) is 0.685. The molecule has 0 saturated heterocycles. The van der Waals surface area contributed by atoms with Crippen LogP contribution in [0.5, 0.6) is 0 Å². The van der Waals surface area contributed by atoms with Crippen LogP contribution in [0, 0.1) is 5.82 Å².